The van der Waals surface area contributed by atoms with Gasteiger partial charge in [0, 0.05) is 51.8 Å². The number of rotatable bonds is 4. The van der Waals surface area contributed by atoms with Crippen molar-refractivity contribution in [1.82, 2.24) is 34.3 Å². The minimum atomic E-state index is 0. The predicted molar refractivity (Wildman–Crippen MR) is 149 cm³/mol. The molecule has 0 aliphatic rings. The Morgan fingerprint density at radius 3 is 1.67 bits per heavy atom. The van der Waals surface area contributed by atoms with Crippen molar-refractivity contribution in [1.29, 1.82) is 0 Å². The van der Waals surface area contributed by atoms with E-state index >= 15 is 0 Å². The van der Waals surface area contributed by atoms with E-state index in [0.717, 1.165) is 17.3 Å². The maximum absolute atomic E-state index is 5.01. The Balaban J connectivity index is 0.000000450. The van der Waals surface area contributed by atoms with E-state index in [1.165, 1.54) is 5.56 Å². The van der Waals surface area contributed by atoms with Crippen LogP contribution >= 0.6 is 0 Å². The Morgan fingerprint density at radius 2 is 1.44 bits per heavy atom. The van der Waals surface area contributed by atoms with Crippen molar-refractivity contribution in [2.24, 2.45) is 14.1 Å². The Labute approximate surface area is 218 Å². The van der Waals surface area contributed by atoms with E-state index in [2.05, 4.69) is 75.7 Å². The van der Waals surface area contributed by atoms with Gasteiger partial charge in [-0.25, -0.2) is 4.98 Å². The number of oxazole rings is 1. The zero-order chi connectivity index (χ0) is 26.5. The van der Waals surface area contributed by atoms with Gasteiger partial charge in [-0.05, 0) is 49.3 Å². The molecule has 0 bridgehead atoms. The van der Waals surface area contributed by atoms with Crippen molar-refractivity contribution in [2.75, 3.05) is 0 Å². The summed E-state index contributed by atoms with van der Waals surface area (Å²) in [6.07, 6.45) is 11.4. The zero-order valence-electron chi connectivity index (χ0n) is 23.5. The van der Waals surface area contributed by atoms with Crippen LogP contribution in [0.1, 0.15) is 109 Å². The Hall–Kier alpha value is -3.16. The first-order valence-electron chi connectivity index (χ1n) is 12.3. The summed E-state index contributed by atoms with van der Waals surface area (Å²) >= 11 is 0. The van der Waals surface area contributed by atoms with Crippen molar-refractivity contribution >= 4 is 0 Å². The molecular formula is C28H49N7O. The molecule has 0 radical (unpaired) electrons. The molecule has 4 aromatic heterocycles. The summed E-state index contributed by atoms with van der Waals surface area (Å²) in [6, 6.07) is 4.47. The van der Waals surface area contributed by atoms with E-state index in [4.69, 9.17) is 4.42 Å². The number of nitrogens with zero attached hydrogens (tertiary/aromatic N) is 7. The molecule has 202 valence electrons. The second kappa shape index (κ2) is 16.5. The van der Waals surface area contributed by atoms with Gasteiger partial charge in [0.25, 0.3) is 0 Å². The first-order chi connectivity index (χ1) is 16.4. The van der Waals surface area contributed by atoms with Crippen molar-refractivity contribution in [2.45, 2.75) is 93.5 Å². The lowest BCUT2D eigenvalue weighted by atomic mass is 10.1. The molecule has 8 nitrogen and oxygen atoms in total. The summed E-state index contributed by atoms with van der Waals surface area (Å²) in [4.78, 5) is 4.14. The summed E-state index contributed by atoms with van der Waals surface area (Å²) in [7, 11) is 3.87. The van der Waals surface area contributed by atoms with Crippen molar-refractivity contribution in [3.8, 4) is 0 Å². The van der Waals surface area contributed by atoms with E-state index < -0.39 is 0 Å². The molecule has 0 unspecified atom stereocenters. The second-order valence-electron chi connectivity index (χ2n) is 9.70. The number of hydrogen-bond acceptors (Lipinski definition) is 5. The lowest BCUT2D eigenvalue weighted by Crippen LogP contribution is -1.99. The molecule has 0 atom stereocenters. The second-order valence-corrected chi connectivity index (χ2v) is 9.70. The van der Waals surface area contributed by atoms with Gasteiger partial charge in [-0.2, -0.15) is 15.3 Å². The summed E-state index contributed by atoms with van der Waals surface area (Å²) in [6.45, 7) is 18.9. The van der Waals surface area contributed by atoms with Gasteiger partial charge in [0.1, 0.15) is 6.26 Å². The lowest BCUT2D eigenvalue weighted by molar-refractivity contribution is 0.520. The molecular weight excluding hydrogens is 450 g/mol. The summed E-state index contributed by atoms with van der Waals surface area (Å²) in [5, 5.41) is 12.3. The zero-order valence-corrected chi connectivity index (χ0v) is 23.5. The Bertz CT molecular complexity index is 948. The summed E-state index contributed by atoms with van der Waals surface area (Å²) < 4.78 is 10.6. The average molecular weight is 500 g/mol. The molecule has 8 heteroatoms. The Kier molecular flexibility index (Phi) is 15.1. The van der Waals surface area contributed by atoms with Crippen LogP contribution < -0.4 is 0 Å². The third-order valence-electron chi connectivity index (χ3n) is 5.00. The highest BCUT2D eigenvalue weighted by molar-refractivity contribution is 5.08. The van der Waals surface area contributed by atoms with Gasteiger partial charge in [0.2, 0.25) is 0 Å². The van der Waals surface area contributed by atoms with E-state index in [1.807, 2.05) is 72.0 Å². The molecule has 0 fully saturated rings. The van der Waals surface area contributed by atoms with Crippen LogP contribution in [0.15, 0.2) is 53.8 Å². The summed E-state index contributed by atoms with van der Waals surface area (Å²) in [5.74, 6) is 2.37. The van der Waals surface area contributed by atoms with Gasteiger partial charge < -0.3 is 4.42 Å². The fourth-order valence-corrected chi connectivity index (χ4v) is 2.71. The third kappa shape index (κ3) is 12.5. The molecule has 0 N–H and O–H groups in total. The van der Waals surface area contributed by atoms with Gasteiger partial charge in [-0.1, -0.05) is 49.0 Å². The molecule has 4 aromatic rings. The number of hydrogen-bond donors (Lipinski definition) is 0. The standard InChI is InChI=1S/2C7H12N2.C7H11NO.C6H10N2.CH4/c1-6(2)7-4-8-9(3)5-7;1-6(2)7-4-5-9(3)8-7;1-5(2)7-4-9-6(3)8-7;1-6(2)8-5-3-4-7-8;/h2*4-6H,1-3H3;4-5H,1-3H3;3-6H,1-2H3;1H4. The quantitative estimate of drug-likeness (QED) is 0.294. The maximum Gasteiger partial charge on any atom is 0.191 e. The topological polar surface area (TPSA) is 79.5 Å². The number of aromatic nitrogens is 7. The lowest BCUT2D eigenvalue weighted by Gasteiger charge is -2.01. The number of aryl methyl sites for hydroxylation is 3. The molecule has 0 aliphatic heterocycles. The highest BCUT2D eigenvalue weighted by atomic mass is 16.3. The smallest absolute Gasteiger partial charge is 0.191 e. The fraction of sp³-hybridized carbons (Fsp3) is 0.571. The van der Waals surface area contributed by atoms with Crippen LogP contribution in [0, 0.1) is 6.92 Å². The van der Waals surface area contributed by atoms with Crippen LogP contribution in [0.2, 0.25) is 0 Å². The van der Waals surface area contributed by atoms with Crippen LogP contribution in [0.3, 0.4) is 0 Å². The van der Waals surface area contributed by atoms with Gasteiger partial charge in [-0.3, -0.25) is 14.0 Å². The van der Waals surface area contributed by atoms with E-state index in [-0.39, 0.29) is 7.43 Å². The van der Waals surface area contributed by atoms with E-state index in [0.29, 0.717) is 23.8 Å². The predicted octanol–water partition coefficient (Wildman–Crippen LogP) is 7.29. The third-order valence-corrected chi connectivity index (χ3v) is 5.00. The van der Waals surface area contributed by atoms with Crippen LogP contribution in [0.4, 0.5) is 0 Å². The van der Waals surface area contributed by atoms with Crippen molar-refractivity contribution < 1.29 is 4.42 Å². The highest BCUT2D eigenvalue weighted by Crippen LogP contribution is 2.12. The van der Waals surface area contributed by atoms with Crippen LogP contribution in [0.5, 0.6) is 0 Å². The fourth-order valence-electron chi connectivity index (χ4n) is 2.71. The molecule has 4 rings (SSSR count). The minimum absolute atomic E-state index is 0. The van der Waals surface area contributed by atoms with Crippen LogP contribution in [-0.2, 0) is 14.1 Å². The van der Waals surface area contributed by atoms with Crippen molar-refractivity contribution in [3.63, 3.8) is 0 Å². The maximum atomic E-state index is 5.01. The van der Waals surface area contributed by atoms with Gasteiger partial charge in [-0.15, -0.1) is 0 Å². The molecule has 0 amide bonds. The van der Waals surface area contributed by atoms with Gasteiger partial charge in [0.15, 0.2) is 5.89 Å². The molecule has 0 spiro atoms. The Morgan fingerprint density at radius 1 is 0.806 bits per heavy atom. The average Bonchev–Trinajstić information content (AvgIpc) is 3.57. The van der Waals surface area contributed by atoms with Crippen LogP contribution in [-0.4, -0.2) is 34.3 Å². The molecule has 0 aromatic carbocycles. The molecule has 0 saturated heterocycles. The SMILES string of the molecule is C.CC(C)c1ccn(C)n1.CC(C)c1cnn(C)c1.CC(C)n1cccn1.Cc1nc(C(C)C)co1. The largest absolute Gasteiger partial charge is 0.449 e. The highest BCUT2D eigenvalue weighted by Gasteiger charge is 2.02. The molecule has 4 heterocycles. The summed E-state index contributed by atoms with van der Waals surface area (Å²) in [5.41, 5.74) is 3.50. The van der Waals surface area contributed by atoms with Crippen molar-refractivity contribution in [3.05, 3.63) is 72.2 Å². The van der Waals surface area contributed by atoms with E-state index in [9.17, 15) is 0 Å². The first kappa shape index (κ1) is 32.8. The van der Waals surface area contributed by atoms with Gasteiger partial charge in [0.05, 0.1) is 17.6 Å². The molecule has 36 heavy (non-hydrogen) atoms. The van der Waals surface area contributed by atoms with Crippen LogP contribution in [0.25, 0.3) is 0 Å². The minimum Gasteiger partial charge on any atom is -0.449 e. The monoisotopic (exact) mass is 499 g/mol. The molecule has 0 aliphatic carbocycles. The van der Waals surface area contributed by atoms with E-state index in [1.54, 1.807) is 12.5 Å². The van der Waals surface area contributed by atoms with Gasteiger partial charge >= 0.3 is 0 Å². The normalized spacial score (nSPS) is 10.3. The molecule has 0 saturated carbocycles. The first-order valence-corrected chi connectivity index (χ1v) is 12.3.